The van der Waals surface area contributed by atoms with Gasteiger partial charge in [-0.3, -0.25) is 9.79 Å². The monoisotopic (exact) mass is 513 g/mol. The first-order valence-electron chi connectivity index (χ1n) is 10.3. The molecule has 0 spiro atoms. The molecule has 8 heteroatoms. The van der Waals surface area contributed by atoms with Crippen molar-refractivity contribution in [2.75, 3.05) is 32.8 Å². The lowest BCUT2D eigenvalue weighted by atomic mass is 9.98. The molecule has 0 aromatic carbocycles. The van der Waals surface area contributed by atoms with Gasteiger partial charge in [0, 0.05) is 45.0 Å². The second-order valence-electron chi connectivity index (χ2n) is 7.18. The van der Waals surface area contributed by atoms with Crippen molar-refractivity contribution in [3.63, 3.8) is 0 Å². The number of esters is 1. The third-order valence-electron chi connectivity index (χ3n) is 5.03. The number of piperidine rings is 1. The second-order valence-corrected chi connectivity index (χ2v) is 7.18. The minimum absolute atomic E-state index is 0. The van der Waals surface area contributed by atoms with E-state index in [0.717, 1.165) is 49.7 Å². The van der Waals surface area contributed by atoms with Crippen LogP contribution in [-0.4, -0.2) is 59.0 Å². The van der Waals surface area contributed by atoms with Crippen LogP contribution >= 0.6 is 24.0 Å². The average molecular weight is 513 g/mol. The van der Waals surface area contributed by atoms with E-state index in [4.69, 9.17) is 14.7 Å². The van der Waals surface area contributed by atoms with Crippen molar-refractivity contribution >= 4 is 41.6 Å². The number of carbonyl (C=O) groups excluding carboxylic acids is 1. The number of pyridine rings is 1. The van der Waals surface area contributed by atoms with E-state index < -0.39 is 0 Å². The molecule has 0 amide bonds. The highest BCUT2D eigenvalue weighted by molar-refractivity contribution is 14.0. The van der Waals surface area contributed by atoms with E-state index in [2.05, 4.69) is 40.7 Å². The Morgan fingerprint density at radius 2 is 2.24 bits per heavy atom. The van der Waals surface area contributed by atoms with Crippen molar-refractivity contribution in [2.45, 2.75) is 40.0 Å². The summed E-state index contributed by atoms with van der Waals surface area (Å²) in [6, 6.07) is 4.11. The molecule has 1 saturated heterocycles. The zero-order valence-electron chi connectivity index (χ0n) is 17.6. The van der Waals surface area contributed by atoms with Crippen LogP contribution in [0.15, 0.2) is 29.5 Å². The van der Waals surface area contributed by atoms with Crippen LogP contribution in [0.25, 0.3) is 5.65 Å². The number of rotatable bonds is 6. The normalized spacial score (nSPS) is 17.1. The summed E-state index contributed by atoms with van der Waals surface area (Å²) >= 11 is 0. The summed E-state index contributed by atoms with van der Waals surface area (Å²) in [6.45, 7) is 9.45. The number of aryl methyl sites for hydroxylation is 1. The third kappa shape index (κ3) is 6.07. The van der Waals surface area contributed by atoms with Crippen molar-refractivity contribution in [3.8, 4) is 0 Å². The van der Waals surface area contributed by atoms with E-state index in [-0.39, 0.29) is 35.9 Å². The highest BCUT2D eigenvalue weighted by Crippen LogP contribution is 2.18. The Labute approximate surface area is 189 Å². The van der Waals surface area contributed by atoms with Gasteiger partial charge in [-0.1, -0.05) is 6.07 Å². The smallest absolute Gasteiger partial charge is 0.310 e. The molecule has 2 aromatic rings. The Morgan fingerprint density at radius 1 is 1.41 bits per heavy atom. The molecule has 3 heterocycles. The minimum Gasteiger partial charge on any atom is -0.466 e. The molecule has 0 saturated carbocycles. The zero-order valence-corrected chi connectivity index (χ0v) is 19.9. The average Bonchev–Trinajstić information content (AvgIpc) is 3.12. The van der Waals surface area contributed by atoms with Crippen LogP contribution in [0.4, 0.5) is 0 Å². The molecule has 1 aliphatic heterocycles. The maximum atomic E-state index is 12.1. The van der Waals surface area contributed by atoms with Gasteiger partial charge in [-0.05, 0) is 45.2 Å². The number of likely N-dealkylation sites (tertiary alicyclic amines) is 1. The van der Waals surface area contributed by atoms with E-state index in [1.807, 2.05) is 19.2 Å². The van der Waals surface area contributed by atoms with Gasteiger partial charge in [-0.25, -0.2) is 4.98 Å². The lowest BCUT2D eigenvalue weighted by Crippen LogP contribution is -2.48. The van der Waals surface area contributed by atoms with Gasteiger partial charge in [0.05, 0.1) is 18.2 Å². The lowest BCUT2D eigenvalue weighted by Gasteiger charge is -2.34. The van der Waals surface area contributed by atoms with Gasteiger partial charge in [0.25, 0.3) is 0 Å². The molecule has 1 N–H and O–H groups in total. The number of guanidine groups is 1. The highest BCUT2D eigenvalue weighted by atomic mass is 127. The predicted molar refractivity (Wildman–Crippen MR) is 126 cm³/mol. The van der Waals surface area contributed by atoms with Crippen LogP contribution in [0, 0.1) is 12.8 Å². The summed E-state index contributed by atoms with van der Waals surface area (Å²) in [7, 11) is 0. The lowest BCUT2D eigenvalue weighted by molar-refractivity contribution is -0.149. The van der Waals surface area contributed by atoms with Crippen LogP contribution < -0.4 is 5.32 Å². The minimum atomic E-state index is -0.0943. The SMILES string of the molecule is CCNC(=NCCc1cn2cccc(C)c2n1)N1CCCC(C(=O)OCC)C1.I. The van der Waals surface area contributed by atoms with E-state index in [0.29, 0.717) is 19.7 Å². The van der Waals surface area contributed by atoms with Crippen molar-refractivity contribution in [1.29, 1.82) is 0 Å². The van der Waals surface area contributed by atoms with Crippen molar-refractivity contribution in [3.05, 3.63) is 35.8 Å². The maximum Gasteiger partial charge on any atom is 0.310 e. The summed E-state index contributed by atoms with van der Waals surface area (Å²) in [5.41, 5.74) is 3.21. The Bertz CT molecular complexity index is 836. The van der Waals surface area contributed by atoms with Gasteiger partial charge in [0.2, 0.25) is 0 Å². The Balaban J connectivity index is 0.00000300. The summed E-state index contributed by atoms with van der Waals surface area (Å²) in [5, 5.41) is 3.36. The Kier molecular flexibility index (Phi) is 9.19. The van der Waals surface area contributed by atoms with Gasteiger partial charge in [-0.2, -0.15) is 0 Å². The second kappa shape index (κ2) is 11.4. The third-order valence-corrected chi connectivity index (χ3v) is 5.03. The van der Waals surface area contributed by atoms with Crippen LogP contribution in [0.1, 0.15) is 37.9 Å². The molecule has 2 aromatic heterocycles. The van der Waals surface area contributed by atoms with Gasteiger partial charge in [0.1, 0.15) is 5.65 Å². The Hall–Kier alpha value is -1.84. The fraction of sp³-hybridized carbons (Fsp3) is 0.571. The van der Waals surface area contributed by atoms with Crippen LogP contribution in [-0.2, 0) is 16.0 Å². The van der Waals surface area contributed by atoms with Gasteiger partial charge < -0.3 is 19.4 Å². The number of hydrogen-bond donors (Lipinski definition) is 1. The molecule has 0 aliphatic carbocycles. The fourth-order valence-corrected chi connectivity index (χ4v) is 3.65. The maximum absolute atomic E-state index is 12.1. The van der Waals surface area contributed by atoms with Crippen molar-refractivity contribution in [1.82, 2.24) is 19.6 Å². The first kappa shape index (κ1) is 23.4. The number of hydrogen-bond acceptors (Lipinski definition) is 4. The molecule has 3 rings (SSSR count). The summed E-state index contributed by atoms with van der Waals surface area (Å²) in [5.74, 6) is 0.707. The first-order valence-corrected chi connectivity index (χ1v) is 10.3. The summed E-state index contributed by atoms with van der Waals surface area (Å²) < 4.78 is 7.27. The van der Waals surface area contributed by atoms with Gasteiger partial charge >= 0.3 is 5.97 Å². The van der Waals surface area contributed by atoms with Gasteiger partial charge in [0.15, 0.2) is 5.96 Å². The van der Waals surface area contributed by atoms with Crippen LogP contribution in [0.3, 0.4) is 0 Å². The number of ether oxygens (including phenoxy) is 1. The standard InChI is InChI=1S/C21H31N5O2.HI/c1-4-22-21(26-13-7-9-17(14-26)20(27)28-5-2)23-11-10-18-15-25-12-6-8-16(3)19(25)24-18;/h6,8,12,15,17H,4-5,7,9-11,13-14H2,1-3H3,(H,22,23);1H. The predicted octanol–water partition coefficient (Wildman–Crippen LogP) is 3.04. The van der Waals surface area contributed by atoms with Crippen molar-refractivity contribution < 1.29 is 9.53 Å². The van der Waals surface area contributed by atoms with Crippen LogP contribution in [0.2, 0.25) is 0 Å². The van der Waals surface area contributed by atoms with Gasteiger partial charge in [-0.15, -0.1) is 24.0 Å². The number of aromatic nitrogens is 2. The summed E-state index contributed by atoms with van der Waals surface area (Å²) in [4.78, 5) is 23.8. The molecule has 0 bridgehead atoms. The molecular formula is C21H32IN5O2. The molecule has 1 atom stereocenters. The molecule has 29 heavy (non-hydrogen) atoms. The number of carbonyl (C=O) groups is 1. The van der Waals surface area contributed by atoms with Crippen molar-refractivity contribution in [2.24, 2.45) is 10.9 Å². The van der Waals surface area contributed by atoms with E-state index in [1.54, 1.807) is 0 Å². The molecule has 1 aliphatic rings. The molecule has 1 unspecified atom stereocenters. The number of halogens is 1. The zero-order chi connectivity index (χ0) is 19.9. The molecular weight excluding hydrogens is 481 g/mol. The number of fused-ring (bicyclic) bond motifs is 1. The molecule has 1 fully saturated rings. The molecule has 160 valence electrons. The number of aliphatic imine (C=N–C) groups is 1. The summed E-state index contributed by atoms with van der Waals surface area (Å²) in [6.07, 6.45) is 6.73. The quantitative estimate of drug-likeness (QED) is 0.278. The van der Waals surface area contributed by atoms with Crippen LogP contribution in [0.5, 0.6) is 0 Å². The number of imidazole rings is 1. The van der Waals surface area contributed by atoms with E-state index >= 15 is 0 Å². The van der Waals surface area contributed by atoms with E-state index in [9.17, 15) is 4.79 Å². The number of nitrogens with one attached hydrogen (secondary N) is 1. The molecule has 7 nitrogen and oxygen atoms in total. The Morgan fingerprint density at radius 3 is 2.97 bits per heavy atom. The highest BCUT2D eigenvalue weighted by Gasteiger charge is 2.28. The first-order chi connectivity index (χ1) is 13.6. The largest absolute Gasteiger partial charge is 0.466 e. The number of nitrogens with zero attached hydrogens (tertiary/aromatic N) is 4. The topological polar surface area (TPSA) is 71.2 Å². The van der Waals surface area contributed by atoms with E-state index in [1.165, 1.54) is 5.56 Å². The fourth-order valence-electron chi connectivity index (χ4n) is 3.65. The molecule has 0 radical (unpaired) electrons.